The summed E-state index contributed by atoms with van der Waals surface area (Å²) < 4.78 is 10.7. The summed E-state index contributed by atoms with van der Waals surface area (Å²) in [6, 6.07) is 7.23. The molecule has 1 aromatic rings. The van der Waals surface area contributed by atoms with Crippen molar-refractivity contribution in [2.45, 2.75) is 45.1 Å². The van der Waals surface area contributed by atoms with E-state index >= 15 is 0 Å². The van der Waals surface area contributed by atoms with Gasteiger partial charge in [0.1, 0.15) is 11.5 Å². The predicted octanol–water partition coefficient (Wildman–Crippen LogP) is 3.47. The van der Waals surface area contributed by atoms with Gasteiger partial charge in [0.25, 0.3) is 5.91 Å². The largest absolute Gasteiger partial charge is 0.497 e. The van der Waals surface area contributed by atoms with E-state index in [1.807, 2.05) is 12.1 Å². The molecule has 1 aliphatic carbocycles. The molecule has 4 heteroatoms. The van der Waals surface area contributed by atoms with Crippen LogP contribution in [0.4, 0.5) is 0 Å². The number of hydrogen-bond acceptors (Lipinski definition) is 3. The van der Waals surface area contributed by atoms with Gasteiger partial charge < -0.3 is 14.8 Å². The SMILES string of the molecule is COc1ccc(O[C@H](C)C(=O)NCCC2=CCCCC2)cc1. The number of carbonyl (C=O) groups excluding carboxylic acids is 1. The lowest BCUT2D eigenvalue weighted by molar-refractivity contribution is -0.127. The van der Waals surface area contributed by atoms with E-state index in [2.05, 4.69) is 11.4 Å². The number of carbonyl (C=O) groups is 1. The summed E-state index contributed by atoms with van der Waals surface area (Å²) in [5, 5.41) is 2.94. The van der Waals surface area contributed by atoms with Crippen molar-refractivity contribution >= 4 is 5.91 Å². The quantitative estimate of drug-likeness (QED) is 0.785. The normalized spacial score (nSPS) is 15.6. The van der Waals surface area contributed by atoms with Gasteiger partial charge in [-0.25, -0.2) is 0 Å². The number of nitrogens with one attached hydrogen (secondary N) is 1. The van der Waals surface area contributed by atoms with E-state index in [-0.39, 0.29) is 5.91 Å². The fourth-order valence-electron chi connectivity index (χ4n) is 2.53. The van der Waals surface area contributed by atoms with Crippen LogP contribution in [0.2, 0.25) is 0 Å². The van der Waals surface area contributed by atoms with Crippen molar-refractivity contribution in [1.29, 1.82) is 0 Å². The van der Waals surface area contributed by atoms with Gasteiger partial charge in [-0.15, -0.1) is 0 Å². The summed E-state index contributed by atoms with van der Waals surface area (Å²) in [5.41, 5.74) is 1.47. The van der Waals surface area contributed by atoms with Crippen molar-refractivity contribution in [2.24, 2.45) is 0 Å². The highest BCUT2D eigenvalue weighted by Crippen LogP contribution is 2.20. The van der Waals surface area contributed by atoms with E-state index < -0.39 is 6.10 Å². The third-order valence-corrected chi connectivity index (χ3v) is 3.87. The molecule has 4 nitrogen and oxygen atoms in total. The Morgan fingerprint density at radius 3 is 2.59 bits per heavy atom. The molecule has 0 aliphatic heterocycles. The highest BCUT2D eigenvalue weighted by Gasteiger charge is 2.14. The number of allylic oxidation sites excluding steroid dienone is 1. The third-order valence-electron chi connectivity index (χ3n) is 3.87. The number of benzene rings is 1. The van der Waals surface area contributed by atoms with E-state index in [4.69, 9.17) is 9.47 Å². The van der Waals surface area contributed by atoms with E-state index in [1.54, 1.807) is 26.2 Å². The van der Waals surface area contributed by atoms with Crippen molar-refractivity contribution in [2.75, 3.05) is 13.7 Å². The van der Waals surface area contributed by atoms with Crippen LogP contribution in [0.25, 0.3) is 0 Å². The molecular weight excluding hydrogens is 278 g/mol. The van der Waals surface area contributed by atoms with Gasteiger partial charge in [0.15, 0.2) is 6.10 Å². The van der Waals surface area contributed by atoms with Gasteiger partial charge in [0, 0.05) is 6.54 Å². The Morgan fingerprint density at radius 1 is 1.23 bits per heavy atom. The van der Waals surface area contributed by atoms with Gasteiger partial charge in [-0.3, -0.25) is 4.79 Å². The van der Waals surface area contributed by atoms with E-state index in [0.717, 1.165) is 12.2 Å². The fraction of sp³-hybridized carbons (Fsp3) is 0.500. The van der Waals surface area contributed by atoms with Gasteiger partial charge in [-0.2, -0.15) is 0 Å². The minimum absolute atomic E-state index is 0.0766. The molecule has 2 rings (SSSR count). The van der Waals surface area contributed by atoms with E-state index in [9.17, 15) is 4.79 Å². The molecule has 1 aliphatic rings. The second kappa shape index (κ2) is 8.47. The van der Waals surface area contributed by atoms with Crippen LogP contribution in [0.15, 0.2) is 35.9 Å². The molecule has 0 saturated heterocycles. The predicted molar refractivity (Wildman–Crippen MR) is 87.3 cm³/mol. The van der Waals surface area contributed by atoms with Crippen LogP contribution >= 0.6 is 0 Å². The van der Waals surface area contributed by atoms with Crippen LogP contribution in [-0.2, 0) is 4.79 Å². The summed E-state index contributed by atoms with van der Waals surface area (Å²) in [6.07, 6.45) is 7.68. The van der Waals surface area contributed by atoms with E-state index in [1.165, 1.54) is 31.3 Å². The Hall–Kier alpha value is -1.97. The Bertz CT molecular complexity index is 508. The van der Waals surface area contributed by atoms with E-state index in [0.29, 0.717) is 12.3 Å². The summed E-state index contributed by atoms with van der Waals surface area (Å²) in [6.45, 7) is 2.44. The Morgan fingerprint density at radius 2 is 1.95 bits per heavy atom. The monoisotopic (exact) mass is 303 g/mol. The zero-order chi connectivity index (χ0) is 15.8. The first-order valence-electron chi connectivity index (χ1n) is 7.95. The molecule has 1 amide bonds. The lowest BCUT2D eigenvalue weighted by atomic mass is 9.97. The molecule has 0 aromatic heterocycles. The van der Waals surface area contributed by atoms with Gasteiger partial charge in [0.2, 0.25) is 0 Å². The molecular formula is C18H25NO3. The first-order valence-corrected chi connectivity index (χ1v) is 7.95. The van der Waals surface area contributed by atoms with Crippen LogP contribution in [0.5, 0.6) is 11.5 Å². The number of amides is 1. The molecule has 0 fully saturated rings. The molecule has 0 saturated carbocycles. The highest BCUT2D eigenvalue weighted by atomic mass is 16.5. The molecule has 0 radical (unpaired) electrons. The van der Waals surface area contributed by atoms with Crippen LogP contribution in [0.1, 0.15) is 39.0 Å². The second-order valence-corrected chi connectivity index (χ2v) is 5.58. The summed E-state index contributed by atoms with van der Waals surface area (Å²) in [5.74, 6) is 1.36. The first kappa shape index (κ1) is 16.4. The molecule has 1 N–H and O–H groups in total. The molecule has 0 heterocycles. The van der Waals surface area contributed by atoms with Crippen molar-refractivity contribution in [3.05, 3.63) is 35.9 Å². The average molecular weight is 303 g/mol. The van der Waals surface area contributed by atoms with Crippen molar-refractivity contribution in [3.63, 3.8) is 0 Å². The smallest absolute Gasteiger partial charge is 0.260 e. The summed E-state index contributed by atoms with van der Waals surface area (Å²) in [7, 11) is 1.62. The number of rotatable bonds is 7. The zero-order valence-electron chi connectivity index (χ0n) is 13.4. The van der Waals surface area contributed by atoms with Gasteiger partial charge >= 0.3 is 0 Å². The Kier molecular flexibility index (Phi) is 6.31. The minimum atomic E-state index is -0.506. The third kappa shape index (κ3) is 5.10. The first-order chi connectivity index (χ1) is 10.7. The van der Waals surface area contributed by atoms with Crippen LogP contribution in [0.3, 0.4) is 0 Å². The Labute approximate surface area is 132 Å². The summed E-state index contributed by atoms with van der Waals surface area (Å²) >= 11 is 0. The highest BCUT2D eigenvalue weighted by molar-refractivity contribution is 5.80. The minimum Gasteiger partial charge on any atom is -0.497 e. The topological polar surface area (TPSA) is 47.6 Å². The molecule has 22 heavy (non-hydrogen) atoms. The maximum atomic E-state index is 12.0. The molecule has 0 bridgehead atoms. The molecule has 1 aromatic carbocycles. The molecule has 0 spiro atoms. The lowest BCUT2D eigenvalue weighted by Crippen LogP contribution is -2.36. The standard InChI is InChI=1S/C18H25NO3/c1-14(22-17-10-8-16(21-2)9-11-17)18(20)19-13-12-15-6-4-3-5-7-15/h6,8-11,14H,3-5,7,12-13H2,1-2H3,(H,19,20)/t14-/m1/s1. The Balaban J connectivity index is 1.72. The fourth-order valence-corrected chi connectivity index (χ4v) is 2.53. The van der Waals surface area contributed by atoms with Gasteiger partial charge in [0.05, 0.1) is 7.11 Å². The second-order valence-electron chi connectivity index (χ2n) is 5.58. The zero-order valence-corrected chi connectivity index (χ0v) is 13.4. The van der Waals surface area contributed by atoms with Crippen LogP contribution < -0.4 is 14.8 Å². The molecule has 1 atom stereocenters. The van der Waals surface area contributed by atoms with Crippen molar-refractivity contribution in [3.8, 4) is 11.5 Å². The number of hydrogen-bond donors (Lipinski definition) is 1. The van der Waals surface area contributed by atoms with Gasteiger partial charge in [-0.05, 0) is 63.3 Å². The lowest BCUT2D eigenvalue weighted by Gasteiger charge is -2.16. The number of ether oxygens (including phenoxy) is 2. The van der Waals surface area contributed by atoms with Crippen LogP contribution in [0, 0.1) is 0 Å². The maximum absolute atomic E-state index is 12.0. The molecule has 120 valence electrons. The molecule has 0 unspecified atom stereocenters. The average Bonchev–Trinajstić information content (AvgIpc) is 2.56. The van der Waals surface area contributed by atoms with Crippen molar-refractivity contribution in [1.82, 2.24) is 5.32 Å². The summed E-state index contributed by atoms with van der Waals surface area (Å²) in [4.78, 5) is 12.0. The van der Waals surface area contributed by atoms with Crippen LogP contribution in [-0.4, -0.2) is 25.7 Å². The van der Waals surface area contributed by atoms with Crippen molar-refractivity contribution < 1.29 is 14.3 Å². The van der Waals surface area contributed by atoms with Gasteiger partial charge in [-0.1, -0.05) is 11.6 Å². The number of methoxy groups -OCH3 is 1. The maximum Gasteiger partial charge on any atom is 0.260 e.